The minimum atomic E-state index is -0.526. The Balaban J connectivity index is 3.05. The van der Waals surface area contributed by atoms with Crippen molar-refractivity contribution in [3.8, 4) is 0 Å². The Morgan fingerprint density at radius 1 is 1.73 bits per heavy atom. The van der Waals surface area contributed by atoms with Gasteiger partial charge in [-0.3, -0.25) is 0 Å². The Labute approximate surface area is 69.2 Å². The van der Waals surface area contributed by atoms with Crippen molar-refractivity contribution in [1.29, 1.82) is 0 Å². The fourth-order valence-electron chi connectivity index (χ4n) is 0.685. The van der Waals surface area contributed by atoms with Crippen LogP contribution in [0.1, 0.15) is 18.5 Å². The molecular formula is C7H8ClFN2. The van der Waals surface area contributed by atoms with Gasteiger partial charge in [0.25, 0.3) is 0 Å². The van der Waals surface area contributed by atoms with E-state index in [1.54, 1.807) is 6.92 Å². The maximum Gasteiger partial charge on any atom is 0.164 e. The molecule has 1 atom stereocenters. The van der Waals surface area contributed by atoms with Crippen LogP contribution in [0, 0.1) is 5.82 Å². The standard InChI is InChI=1S/C7H8ClFN2/c1-4(10)5-2-6(9)7(8)11-3-5/h2-4H,10H2,1H3/t4-/m1/s1. The van der Waals surface area contributed by atoms with E-state index in [-0.39, 0.29) is 11.2 Å². The van der Waals surface area contributed by atoms with Crippen LogP contribution in [-0.2, 0) is 0 Å². The van der Waals surface area contributed by atoms with Gasteiger partial charge in [0.1, 0.15) is 0 Å². The average Bonchev–Trinajstić information content (AvgIpc) is 1.94. The SMILES string of the molecule is C[C@@H](N)c1cnc(Cl)c(F)c1. The molecule has 4 heteroatoms. The van der Waals surface area contributed by atoms with Crippen LogP contribution in [0.3, 0.4) is 0 Å². The lowest BCUT2D eigenvalue weighted by atomic mass is 10.2. The molecule has 1 rings (SSSR count). The van der Waals surface area contributed by atoms with E-state index < -0.39 is 5.82 Å². The van der Waals surface area contributed by atoms with Crippen LogP contribution in [0.4, 0.5) is 4.39 Å². The van der Waals surface area contributed by atoms with Crippen molar-refractivity contribution in [3.05, 3.63) is 28.8 Å². The van der Waals surface area contributed by atoms with Crippen molar-refractivity contribution in [2.45, 2.75) is 13.0 Å². The molecule has 0 aromatic carbocycles. The number of hydrogen-bond donors (Lipinski definition) is 1. The van der Waals surface area contributed by atoms with E-state index in [9.17, 15) is 4.39 Å². The van der Waals surface area contributed by atoms with Gasteiger partial charge in [-0.2, -0.15) is 0 Å². The Morgan fingerprint density at radius 3 is 2.82 bits per heavy atom. The summed E-state index contributed by atoms with van der Waals surface area (Å²) in [6.45, 7) is 1.75. The van der Waals surface area contributed by atoms with Crippen LogP contribution in [0.2, 0.25) is 5.15 Å². The number of nitrogens with two attached hydrogens (primary N) is 1. The van der Waals surface area contributed by atoms with Gasteiger partial charge in [-0.15, -0.1) is 0 Å². The van der Waals surface area contributed by atoms with Crippen LogP contribution in [0.25, 0.3) is 0 Å². The molecule has 0 radical (unpaired) electrons. The molecule has 0 spiro atoms. The highest BCUT2D eigenvalue weighted by atomic mass is 35.5. The summed E-state index contributed by atoms with van der Waals surface area (Å²) >= 11 is 5.36. The molecule has 0 amide bonds. The molecule has 60 valence electrons. The summed E-state index contributed by atoms with van der Waals surface area (Å²) in [5.74, 6) is -0.526. The zero-order valence-electron chi connectivity index (χ0n) is 6.01. The van der Waals surface area contributed by atoms with Crippen LogP contribution >= 0.6 is 11.6 Å². The van der Waals surface area contributed by atoms with E-state index in [0.29, 0.717) is 5.56 Å². The van der Waals surface area contributed by atoms with E-state index in [4.69, 9.17) is 17.3 Å². The van der Waals surface area contributed by atoms with Gasteiger partial charge >= 0.3 is 0 Å². The quantitative estimate of drug-likeness (QED) is 0.661. The third-order valence-corrected chi connectivity index (χ3v) is 1.62. The largest absolute Gasteiger partial charge is 0.324 e. The number of nitrogens with zero attached hydrogens (tertiary/aromatic N) is 1. The highest BCUT2D eigenvalue weighted by Crippen LogP contribution is 2.15. The van der Waals surface area contributed by atoms with Crippen molar-refractivity contribution in [2.24, 2.45) is 5.73 Å². The maximum absolute atomic E-state index is 12.7. The first-order chi connectivity index (χ1) is 5.11. The molecule has 2 nitrogen and oxygen atoms in total. The molecule has 0 unspecified atom stereocenters. The summed E-state index contributed by atoms with van der Waals surface area (Å²) in [6.07, 6.45) is 1.47. The third-order valence-electron chi connectivity index (χ3n) is 1.34. The second kappa shape index (κ2) is 3.15. The van der Waals surface area contributed by atoms with Crippen molar-refractivity contribution in [3.63, 3.8) is 0 Å². The van der Waals surface area contributed by atoms with Gasteiger partial charge in [-0.1, -0.05) is 11.6 Å². The minimum Gasteiger partial charge on any atom is -0.324 e. The molecule has 0 aliphatic heterocycles. The highest BCUT2D eigenvalue weighted by Gasteiger charge is 2.04. The zero-order chi connectivity index (χ0) is 8.43. The van der Waals surface area contributed by atoms with Gasteiger partial charge in [0, 0.05) is 12.2 Å². The van der Waals surface area contributed by atoms with Crippen LogP contribution < -0.4 is 5.73 Å². The molecule has 0 fully saturated rings. The predicted octanol–water partition coefficient (Wildman–Crippen LogP) is 1.89. The molecular weight excluding hydrogens is 167 g/mol. The first kappa shape index (κ1) is 8.43. The van der Waals surface area contributed by atoms with Gasteiger partial charge in [-0.05, 0) is 18.6 Å². The summed E-state index contributed by atoms with van der Waals surface area (Å²) in [4.78, 5) is 3.61. The fraction of sp³-hybridized carbons (Fsp3) is 0.286. The smallest absolute Gasteiger partial charge is 0.164 e. The van der Waals surface area contributed by atoms with Gasteiger partial charge in [0.05, 0.1) is 0 Å². The monoisotopic (exact) mass is 174 g/mol. The Bertz CT molecular complexity index is 263. The fourth-order valence-corrected chi connectivity index (χ4v) is 0.788. The number of halogens is 2. The second-order valence-electron chi connectivity index (χ2n) is 2.33. The highest BCUT2D eigenvalue weighted by molar-refractivity contribution is 6.29. The summed E-state index contributed by atoms with van der Waals surface area (Å²) in [5, 5.41) is -0.116. The molecule has 11 heavy (non-hydrogen) atoms. The molecule has 0 saturated carbocycles. The summed E-state index contributed by atoms with van der Waals surface area (Å²) < 4.78 is 12.7. The minimum absolute atomic E-state index is 0.116. The zero-order valence-corrected chi connectivity index (χ0v) is 6.77. The first-order valence-electron chi connectivity index (χ1n) is 3.18. The first-order valence-corrected chi connectivity index (χ1v) is 3.55. The maximum atomic E-state index is 12.7. The molecule has 0 saturated heterocycles. The Hall–Kier alpha value is -0.670. The third kappa shape index (κ3) is 1.88. The lowest BCUT2D eigenvalue weighted by Crippen LogP contribution is -2.05. The lowest BCUT2D eigenvalue weighted by molar-refractivity contribution is 0.615. The summed E-state index contributed by atoms with van der Waals surface area (Å²) in [6, 6.07) is 1.08. The van der Waals surface area contributed by atoms with E-state index in [1.165, 1.54) is 12.3 Å². The van der Waals surface area contributed by atoms with E-state index in [0.717, 1.165) is 0 Å². The Kier molecular flexibility index (Phi) is 2.42. The number of pyridine rings is 1. The predicted molar refractivity (Wildman–Crippen MR) is 41.8 cm³/mol. The van der Waals surface area contributed by atoms with Crippen LogP contribution in [-0.4, -0.2) is 4.98 Å². The van der Waals surface area contributed by atoms with E-state index in [2.05, 4.69) is 4.98 Å². The van der Waals surface area contributed by atoms with Gasteiger partial charge < -0.3 is 5.73 Å². The lowest BCUT2D eigenvalue weighted by Gasteiger charge is -2.04. The molecule has 0 aliphatic rings. The second-order valence-corrected chi connectivity index (χ2v) is 2.69. The molecule has 0 aliphatic carbocycles. The number of aromatic nitrogens is 1. The number of hydrogen-bond acceptors (Lipinski definition) is 2. The molecule has 0 bridgehead atoms. The van der Waals surface area contributed by atoms with Crippen molar-refractivity contribution >= 4 is 11.6 Å². The number of rotatable bonds is 1. The van der Waals surface area contributed by atoms with E-state index in [1.807, 2.05) is 0 Å². The van der Waals surface area contributed by atoms with E-state index >= 15 is 0 Å². The van der Waals surface area contributed by atoms with Gasteiger partial charge in [0.2, 0.25) is 0 Å². The average molecular weight is 175 g/mol. The van der Waals surface area contributed by atoms with Crippen molar-refractivity contribution < 1.29 is 4.39 Å². The summed E-state index contributed by atoms with van der Waals surface area (Å²) in [7, 11) is 0. The van der Waals surface area contributed by atoms with Crippen molar-refractivity contribution in [1.82, 2.24) is 4.98 Å². The Morgan fingerprint density at radius 2 is 2.36 bits per heavy atom. The molecule has 1 aromatic heterocycles. The summed E-state index contributed by atoms with van der Waals surface area (Å²) in [5.41, 5.74) is 6.13. The normalized spacial score (nSPS) is 13.1. The van der Waals surface area contributed by atoms with Gasteiger partial charge in [-0.25, -0.2) is 9.37 Å². The topological polar surface area (TPSA) is 38.9 Å². The molecule has 1 heterocycles. The molecule has 2 N–H and O–H groups in total. The van der Waals surface area contributed by atoms with Crippen LogP contribution in [0.15, 0.2) is 12.3 Å². The van der Waals surface area contributed by atoms with Gasteiger partial charge in [0.15, 0.2) is 11.0 Å². The van der Waals surface area contributed by atoms with Crippen LogP contribution in [0.5, 0.6) is 0 Å². The molecule has 1 aromatic rings. The van der Waals surface area contributed by atoms with Crippen molar-refractivity contribution in [2.75, 3.05) is 0 Å².